The van der Waals surface area contributed by atoms with E-state index < -0.39 is 5.54 Å². The zero-order valence-electron chi connectivity index (χ0n) is 12.4. The minimum absolute atomic E-state index is 0.116. The lowest BCUT2D eigenvalue weighted by Gasteiger charge is -2.33. The van der Waals surface area contributed by atoms with Crippen LogP contribution in [0.2, 0.25) is 0 Å². The smallest absolute Gasteiger partial charge is 0.240 e. The molecule has 1 heterocycles. The van der Waals surface area contributed by atoms with Gasteiger partial charge >= 0.3 is 0 Å². The summed E-state index contributed by atoms with van der Waals surface area (Å²) in [6.07, 6.45) is 4.04. The van der Waals surface area contributed by atoms with E-state index in [1.807, 2.05) is 31.2 Å². The largest absolute Gasteiger partial charge is 0.497 e. The molecule has 20 heavy (non-hydrogen) atoms. The second kappa shape index (κ2) is 6.75. The Balaban J connectivity index is 1.78. The van der Waals surface area contributed by atoms with Gasteiger partial charge in [0.25, 0.3) is 0 Å². The van der Waals surface area contributed by atoms with Gasteiger partial charge in [-0.2, -0.15) is 0 Å². The fourth-order valence-electron chi connectivity index (χ4n) is 2.56. The maximum Gasteiger partial charge on any atom is 0.240 e. The monoisotopic (exact) mass is 276 g/mol. The Bertz CT molecular complexity index is 436. The van der Waals surface area contributed by atoms with Crippen molar-refractivity contribution in [3.63, 3.8) is 0 Å². The van der Waals surface area contributed by atoms with Gasteiger partial charge in [-0.05, 0) is 56.8 Å². The van der Waals surface area contributed by atoms with Crippen LogP contribution in [0.1, 0.15) is 31.7 Å². The molecule has 1 aliphatic rings. The Morgan fingerprint density at radius 1 is 1.35 bits per heavy atom. The topological polar surface area (TPSA) is 50.4 Å². The number of rotatable bonds is 5. The van der Waals surface area contributed by atoms with E-state index in [9.17, 15) is 4.79 Å². The van der Waals surface area contributed by atoms with Crippen molar-refractivity contribution in [2.45, 2.75) is 38.1 Å². The van der Waals surface area contributed by atoms with Crippen LogP contribution in [0.3, 0.4) is 0 Å². The third-order valence-electron chi connectivity index (χ3n) is 3.98. The van der Waals surface area contributed by atoms with Gasteiger partial charge < -0.3 is 15.4 Å². The number of amides is 1. The number of carbonyl (C=O) groups excluding carboxylic acids is 1. The van der Waals surface area contributed by atoms with Crippen LogP contribution in [0.15, 0.2) is 24.3 Å². The van der Waals surface area contributed by atoms with Gasteiger partial charge in [0.2, 0.25) is 5.91 Å². The molecule has 0 radical (unpaired) electrons. The second-order valence-electron chi connectivity index (χ2n) is 5.57. The van der Waals surface area contributed by atoms with E-state index in [2.05, 4.69) is 10.6 Å². The van der Waals surface area contributed by atoms with Crippen molar-refractivity contribution in [1.29, 1.82) is 0 Å². The van der Waals surface area contributed by atoms with Gasteiger partial charge in [0.15, 0.2) is 0 Å². The summed E-state index contributed by atoms with van der Waals surface area (Å²) in [6.45, 7) is 3.60. The zero-order valence-corrected chi connectivity index (χ0v) is 12.4. The quantitative estimate of drug-likeness (QED) is 0.863. The molecule has 0 bridgehead atoms. The molecule has 1 saturated heterocycles. The molecule has 1 atom stereocenters. The molecule has 1 aliphatic heterocycles. The molecule has 1 unspecified atom stereocenters. The molecule has 1 aromatic carbocycles. The van der Waals surface area contributed by atoms with Gasteiger partial charge in [-0.15, -0.1) is 0 Å². The molecule has 1 aromatic rings. The molecule has 2 rings (SSSR count). The van der Waals surface area contributed by atoms with Crippen LogP contribution in [-0.4, -0.2) is 31.6 Å². The maximum atomic E-state index is 12.2. The maximum absolute atomic E-state index is 12.2. The van der Waals surface area contributed by atoms with Crippen LogP contribution in [0.4, 0.5) is 0 Å². The lowest BCUT2D eigenvalue weighted by atomic mass is 9.90. The number of hydrogen-bond donors (Lipinski definition) is 2. The Morgan fingerprint density at radius 2 is 2.10 bits per heavy atom. The highest BCUT2D eigenvalue weighted by atomic mass is 16.5. The molecule has 0 aliphatic carbocycles. The summed E-state index contributed by atoms with van der Waals surface area (Å²) < 4.78 is 5.13. The summed E-state index contributed by atoms with van der Waals surface area (Å²) in [7, 11) is 1.66. The van der Waals surface area contributed by atoms with Crippen LogP contribution in [0, 0.1) is 0 Å². The number of ether oxygens (including phenoxy) is 1. The van der Waals surface area contributed by atoms with Crippen molar-refractivity contribution in [3.8, 4) is 5.75 Å². The van der Waals surface area contributed by atoms with Crippen LogP contribution in [0.25, 0.3) is 0 Å². The summed E-state index contributed by atoms with van der Waals surface area (Å²) >= 11 is 0. The number of carbonyl (C=O) groups is 1. The zero-order chi connectivity index (χ0) is 14.4. The summed E-state index contributed by atoms with van der Waals surface area (Å²) in [5.41, 5.74) is 0.811. The van der Waals surface area contributed by atoms with Gasteiger partial charge in [0.1, 0.15) is 5.75 Å². The Hall–Kier alpha value is -1.55. The molecule has 0 aromatic heterocycles. The molecule has 1 amide bonds. The molecule has 4 nitrogen and oxygen atoms in total. The predicted octanol–water partition coefficient (Wildman–Crippen LogP) is 1.89. The number of hydrogen-bond acceptors (Lipinski definition) is 3. The van der Waals surface area contributed by atoms with Gasteiger partial charge in [0.05, 0.1) is 12.6 Å². The van der Waals surface area contributed by atoms with Crippen molar-refractivity contribution in [3.05, 3.63) is 29.8 Å². The predicted molar refractivity (Wildman–Crippen MR) is 80.0 cm³/mol. The molecule has 1 fully saturated rings. The van der Waals surface area contributed by atoms with Crippen molar-refractivity contribution < 1.29 is 9.53 Å². The molecule has 110 valence electrons. The second-order valence-corrected chi connectivity index (χ2v) is 5.57. The third-order valence-corrected chi connectivity index (χ3v) is 3.98. The van der Waals surface area contributed by atoms with E-state index in [1.165, 1.54) is 5.56 Å². The fraction of sp³-hybridized carbons (Fsp3) is 0.562. The lowest BCUT2D eigenvalue weighted by molar-refractivity contribution is -0.127. The van der Waals surface area contributed by atoms with Gasteiger partial charge in [-0.25, -0.2) is 0 Å². The highest BCUT2D eigenvalue weighted by Gasteiger charge is 2.33. The minimum atomic E-state index is -0.391. The van der Waals surface area contributed by atoms with E-state index in [4.69, 9.17) is 4.74 Å². The van der Waals surface area contributed by atoms with E-state index in [1.54, 1.807) is 7.11 Å². The van der Waals surface area contributed by atoms with Crippen molar-refractivity contribution >= 4 is 5.91 Å². The van der Waals surface area contributed by atoms with Crippen molar-refractivity contribution in [1.82, 2.24) is 10.6 Å². The average Bonchev–Trinajstić information content (AvgIpc) is 2.48. The fourth-order valence-corrected chi connectivity index (χ4v) is 2.56. The molecule has 0 spiro atoms. The lowest BCUT2D eigenvalue weighted by Crippen LogP contribution is -2.57. The highest BCUT2D eigenvalue weighted by molar-refractivity contribution is 5.85. The Labute approximate surface area is 120 Å². The summed E-state index contributed by atoms with van der Waals surface area (Å²) in [6, 6.07) is 7.96. The molecular formula is C16H24N2O2. The number of nitrogens with one attached hydrogen (secondary N) is 2. The SMILES string of the molecule is COc1ccc(CCNC(=O)C2(C)CCCCN2)cc1. The summed E-state index contributed by atoms with van der Waals surface area (Å²) in [5.74, 6) is 0.974. The summed E-state index contributed by atoms with van der Waals surface area (Å²) in [5, 5.41) is 6.37. The third kappa shape index (κ3) is 3.73. The van der Waals surface area contributed by atoms with E-state index in [0.717, 1.165) is 38.0 Å². The van der Waals surface area contributed by atoms with Crippen LogP contribution in [-0.2, 0) is 11.2 Å². The van der Waals surface area contributed by atoms with Crippen molar-refractivity contribution in [2.75, 3.05) is 20.2 Å². The molecule has 4 heteroatoms. The van der Waals surface area contributed by atoms with Crippen LogP contribution in [0.5, 0.6) is 5.75 Å². The number of methoxy groups -OCH3 is 1. The number of piperidine rings is 1. The van der Waals surface area contributed by atoms with Crippen molar-refractivity contribution in [2.24, 2.45) is 0 Å². The molecular weight excluding hydrogens is 252 g/mol. The highest BCUT2D eigenvalue weighted by Crippen LogP contribution is 2.18. The first-order valence-corrected chi connectivity index (χ1v) is 7.30. The van der Waals surface area contributed by atoms with E-state index in [0.29, 0.717) is 6.54 Å². The first kappa shape index (κ1) is 14.9. The van der Waals surface area contributed by atoms with Crippen LogP contribution >= 0.6 is 0 Å². The Kier molecular flexibility index (Phi) is 5.01. The average molecular weight is 276 g/mol. The minimum Gasteiger partial charge on any atom is -0.497 e. The van der Waals surface area contributed by atoms with E-state index in [-0.39, 0.29) is 5.91 Å². The molecule has 2 N–H and O–H groups in total. The van der Waals surface area contributed by atoms with Gasteiger partial charge in [-0.1, -0.05) is 12.1 Å². The first-order chi connectivity index (χ1) is 9.64. The first-order valence-electron chi connectivity index (χ1n) is 7.30. The van der Waals surface area contributed by atoms with Crippen LogP contribution < -0.4 is 15.4 Å². The number of benzene rings is 1. The van der Waals surface area contributed by atoms with Gasteiger partial charge in [-0.3, -0.25) is 4.79 Å². The Morgan fingerprint density at radius 3 is 2.70 bits per heavy atom. The van der Waals surface area contributed by atoms with Gasteiger partial charge in [0, 0.05) is 6.54 Å². The van der Waals surface area contributed by atoms with E-state index >= 15 is 0 Å². The normalized spacial score (nSPS) is 22.3. The standard InChI is InChI=1S/C16H24N2O2/c1-16(10-3-4-11-18-16)15(19)17-12-9-13-5-7-14(20-2)8-6-13/h5-8,18H,3-4,9-12H2,1-2H3,(H,17,19). The molecule has 0 saturated carbocycles. The summed E-state index contributed by atoms with van der Waals surface area (Å²) in [4.78, 5) is 12.2.